The molecule has 5 heterocycles. The van der Waals surface area contributed by atoms with E-state index in [1.165, 1.54) is 12.8 Å². The number of rotatable bonds is 5. The Morgan fingerprint density at radius 1 is 1.04 bits per heavy atom. The quantitative estimate of drug-likeness (QED) is 0.575. The molecule has 0 atom stereocenters. The van der Waals surface area contributed by atoms with Crippen LogP contribution in [0.2, 0.25) is 0 Å². The van der Waals surface area contributed by atoms with Crippen molar-refractivity contribution in [1.29, 1.82) is 0 Å². The van der Waals surface area contributed by atoms with Crippen molar-refractivity contribution >= 4 is 11.3 Å². The number of hydrogen-bond donors (Lipinski definition) is 1. The Morgan fingerprint density at radius 2 is 1.93 bits per heavy atom. The van der Waals surface area contributed by atoms with Crippen molar-refractivity contribution in [1.82, 2.24) is 29.4 Å². The smallest absolute Gasteiger partial charge is 0.137 e. The second-order valence-electron chi connectivity index (χ2n) is 7.17. The molecule has 5 rings (SSSR count). The van der Waals surface area contributed by atoms with Crippen molar-refractivity contribution in [3.63, 3.8) is 0 Å². The number of fused-ring (bicyclic) bond motifs is 1. The molecule has 0 bridgehead atoms. The number of hydrogen-bond acceptors (Lipinski definition) is 6. The summed E-state index contributed by atoms with van der Waals surface area (Å²) in [6.45, 7) is 3.27. The van der Waals surface area contributed by atoms with E-state index >= 15 is 0 Å². The van der Waals surface area contributed by atoms with Crippen LogP contribution in [0.3, 0.4) is 0 Å². The van der Waals surface area contributed by atoms with Crippen LogP contribution in [0.25, 0.3) is 16.9 Å². The summed E-state index contributed by atoms with van der Waals surface area (Å²) in [6.07, 6.45) is 12.2. The van der Waals surface area contributed by atoms with E-state index in [2.05, 4.69) is 31.2 Å². The summed E-state index contributed by atoms with van der Waals surface area (Å²) in [6, 6.07) is 6.12. The third-order valence-electron chi connectivity index (χ3n) is 5.15. The van der Waals surface area contributed by atoms with Crippen molar-refractivity contribution in [3.8, 4) is 11.3 Å². The number of nitrogens with two attached hydrogens (primary N) is 1. The minimum absolute atomic E-state index is 0.514. The number of pyridine rings is 2. The first-order valence-electron chi connectivity index (χ1n) is 9.55. The molecule has 2 N–H and O–H groups in total. The molecule has 1 aliphatic heterocycles. The van der Waals surface area contributed by atoms with Crippen LogP contribution >= 0.6 is 0 Å². The van der Waals surface area contributed by atoms with Crippen molar-refractivity contribution in [2.45, 2.75) is 25.9 Å². The highest BCUT2D eigenvalue weighted by molar-refractivity contribution is 5.63. The van der Waals surface area contributed by atoms with Crippen LogP contribution in [0.4, 0.5) is 5.69 Å². The first kappa shape index (κ1) is 16.9. The SMILES string of the molecule is NCc1ccc2nc(Cn3cc(-c4cncc(N5CCCC5)c4)nn3)cn2c1. The molecule has 0 spiro atoms. The molecule has 4 aromatic rings. The summed E-state index contributed by atoms with van der Waals surface area (Å²) >= 11 is 0. The van der Waals surface area contributed by atoms with Gasteiger partial charge in [-0.1, -0.05) is 11.3 Å². The zero-order valence-corrected chi connectivity index (χ0v) is 15.6. The van der Waals surface area contributed by atoms with E-state index in [4.69, 9.17) is 5.73 Å². The van der Waals surface area contributed by atoms with Gasteiger partial charge in [0.15, 0.2) is 0 Å². The van der Waals surface area contributed by atoms with E-state index in [1.807, 2.05) is 52.2 Å². The molecular formula is C20H22N8. The second kappa shape index (κ2) is 7.05. The van der Waals surface area contributed by atoms with Crippen LogP contribution in [-0.4, -0.2) is 42.5 Å². The molecule has 0 unspecified atom stereocenters. The zero-order valence-electron chi connectivity index (χ0n) is 15.6. The highest BCUT2D eigenvalue weighted by Gasteiger charge is 2.14. The van der Waals surface area contributed by atoms with E-state index in [0.717, 1.165) is 46.9 Å². The Labute approximate surface area is 162 Å². The van der Waals surface area contributed by atoms with Gasteiger partial charge >= 0.3 is 0 Å². The van der Waals surface area contributed by atoms with E-state index in [9.17, 15) is 0 Å². The Kier molecular flexibility index (Phi) is 4.25. The molecule has 1 fully saturated rings. The minimum atomic E-state index is 0.514. The van der Waals surface area contributed by atoms with Gasteiger partial charge in [0.1, 0.15) is 11.3 Å². The van der Waals surface area contributed by atoms with Gasteiger partial charge < -0.3 is 15.0 Å². The summed E-state index contributed by atoms with van der Waals surface area (Å²) in [7, 11) is 0. The lowest BCUT2D eigenvalue weighted by molar-refractivity contribution is 0.641. The van der Waals surface area contributed by atoms with Gasteiger partial charge in [-0.05, 0) is 30.5 Å². The third-order valence-corrected chi connectivity index (χ3v) is 5.15. The van der Waals surface area contributed by atoms with Gasteiger partial charge in [0, 0.05) is 43.8 Å². The topological polar surface area (TPSA) is 90.2 Å². The highest BCUT2D eigenvalue weighted by atomic mass is 15.4. The Morgan fingerprint density at radius 3 is 2.79 bits per heavy atom. The van der Waals surface area contributed by atoms with Crippen LogP contribution in [0.1, 0.15) is 24.1 Å². The van der Waals surface area contributed by atoms with Crippen molar-refractivity contribution in [2.75, 3.05) is 18.0 Å². The summed E-state index contributed by atoms with van der Waals surface area (Å²) in [5.41, 5.74) is 11.6. The monoisotopic (exact) mass is 374 g/mol. The summed E-state index contributed by atoms with van der Waals surface area (Å²) in [5, 5.41) is 8.61. The molecule has 0 aliphatic carbocycles. The van der Waals surface area contributed by atoms with Gasteiger partial charge in [-0.3, -0.25) is 4.98 Å². The van der Waals surface area contributed by atoms with E-state index in [0.29, 0.717) is 13.1 Å². The second-order valence-corrected chi connectivity index (χ2v) is 7.17. The Balaban J connectivity index is 1.37. The molecule has 8 nitrogen and oxygen atoms in total. The van der Waals surface area contributed by atoms with Gasteiger partial charge in [0.2, 0.25) is 0 Å². The molecule has 0 saturated carbocycles. The van der Waals surface area contributed by atoms with Gasteiger partial charge in [0.25, 0.3) is 0 Å². The average molecular weight is 374 g/mol. The number of anilines is 1. The predicted molar refractivity (Wildman–Crippen MR) is 107 cm³/mol. The van der Waals surface area contributed by atoms with Crippen molar-refractivity contribution in [2.24, 2.45) is 5.73 Å². The normalized spacial score (nSPS) is 14.2. The van der Waals surface area contributed by atoms with Crippen LogP contribution in [-0.2, 0) is 13.1 Å². The van der Waals surface area contributed by atoms with Crippen LogP contribution in [0.15, 0.2) is 49.2 Å². The fraction of sp³-hybridized carbons (Fsp3) is 0.300. The van der Waals surface area contributed by atoms with E-state index in [-0.39, 0.29) is 0 Å². The van der Waals surface area contributed by atoms with Gasteiger partial charge in [0.05, 0.1) is 30.3 Å². The summed E-state index contributed by atoms with van der Waals surface area (Å²) in [5.74, 6) is 0. The lowest BCUT2D eigenvalue weighted by Gasteiger charge is -2.17. The average Bonchev–Trinajstić information content (AvgIpc) is 3.48. The van der Waals surface area contributed by atoms with Gasteiger partial charge in [-0.2, -0.15) is 0 Å². The largest absolute Gasteiger partial charge is 0.370 e. The van der Waals surface area contributed by atoms with Crippen LogP contribution < -0.4 is 10.6 Å². The molecule has 4 aromatic heterocycles. The maximum atomic E-state index is 5.72. The lowest BCUT2D eigenvalue weighted by atomic mass is 10.2. The summed E-state index contributed by atoms with van der Waals surface area (Å²) in [4.78, 5) is 11.4. The zero-order chi connectivity index (χ0) is 18.9. The fourth-order valence-electron chi connectivity index (χ4n) is 3.68. The lowest BCUT2D eigenvalue weighted by Crippen LogP contribution is -2.17. The maximum Gasteiger partial charge on any atom is 0.137 e. The van der Waals surface area contributed by atoms with Gasteiger partial charge in [-0.15, -0.1) is 5.10 Å². The van der Waals surface area contributed by atoms with E-state index in [1.54, 1.807) is 0 Å². The first-order chi connectivity index (χ1) is 13.8. The van der Waals surface area contributed by atoms with Crippen LogP contribution in [0, 0.1) is 0 Å². The molecular weight excluding hydrogens is 352 g/mol. The van der Waals surface area contributed by atoms with E-state index < -0.39 is 0 Å². The third kappa shape index (κ3) is 3.22. The Bertz CT molecular complexity index is 1110. The van der Waals surface area contributed by atoms with Crippen molar-refractivity contribution < 1.29 is 0 Å². The van der Waals surface area contributed by atoms with Gasteiger partial charge in [-0.25, -0.2) is 9.67 Å². The molecule has 1 saturated heterocycles. The highest BCUT2D eigenvalue weighted by Crippen LogP contribution is 2.24. The Hall–Kier alpha value is -3.26. The summed E-state index contributed by atoms with van der Waals surface area (Å²) < 4.78 is 3.81. The van der Waals surface area contributed by atoms with Crippen molar-refractivity contribution in [3.05, 3.63) is 60.4 Å². The molecule has 0 radical (unpaired) electrons. The first-order valence-corrected chi connectivity index (χ1v) is 9.55. The standard InChI is InChI=1S/C20H22N8/c21-8-15-3-4-20-23-17(12-27(20)11-15)13-28-14-19(24-25-28)16-7-18(10-22-9-16)26-5-1-2-6-26/h3-4,7,9-12,14H,1-2,5-6,8,13,21H2. The molecule has 0 amide bonds. The minimum Gasteiger partial charge on any atom is -0.370 e. The predicted octanol–water partition coefficient (Wildman–Crippen LogP) is 2.09. The van der Waals surface area contributed by atoms with Crippen LogP contribution in [0.5, 0.6) is 0 Å². The number of nitrogens with zero attached hydrogens (tertiary/aromatic N) is 7. The molecule has 0 aromatic carbocycles. The number of imidazole rings is 1. The molecule has 142 valence electrons. The maximum absolute atomic E-state index is 5.72. The molecule has 8 heteroatoms. The fourth-order valence-corrected chi connectivity index (χ4v) is 3.68. The molecule has 1 aliphatic rings. The number of aromatic nitrogens is 6. The molecule has 28 heavy (non-hydrogen) atoms.